The molecule has 0 saturated carbocycles. The molecule has 6 nitrogen and oxygen atoms in total. The zero-order chi connectivity index (χ0) is 15.6. The van der Waals surface area contributed by atoms with E-state index in [0.717, 1.165) is 49.6 Å². The fourth-order valence-corrected chi connectivity index (χ4v) is 3.53. The van der Waals surface area contributed by atoms with Crippen LogP contribution in [-0.2, 0) is 4.74 Å². The van der Waals surface area contributed by atoms with Crippen molar-refractivity contribution in [2.75, 3.05) is 38.7 Å². The summed E-state index contributed by atoms with van der Waals surface area (Å²) in [7, 11) is 1.88. The molecule has 122 valence electrons. The summed E-state index contributed by atoms with van der Waals surface area (Å²) in [5.41, 5.74) is 0.444. The molecule has 2 fully saturated rings. The monoisotopic (exact) mass is 306 g/mol. The molecule has 0 spiro atoms. The molecule has 1 unspecified atom stereocenters. The Morgan fingerprint density at radius 3 is 2.91 bits per heavy atom. The van der Waals surface area contributed by atoms with Crippen molar-refractivity contribution in [1.29, 1.82) is 0 Å². The van der Waals surface area contributed by atoms with Gasteiger partial charge >= 0.3 is 0 Å². The van der Waals surface area contributed by atoms with Crippen molar-refractivity contribution in [3.8, 4) is 0 Å². The Hall–Kier alpha value is -1.24. The van der Waals surface area contributed by atoms with Gasteiger partial charge in [-0.05, 0) is 26.3 Å². The van der Waals surface area contributed by atoms with Crippen molar-refractivity contribution in [3.63, 3.8) is 0 Å². The van der Waals surface area contributed by atoms with E-state index in [0.29, 0.717) is 19.8 Å². The Morgan fingerprint density at radius 2 is 2.18 bits per heavy atom. The molecule has 0 aromatic carbocycles. The van der Waals surface area contributed by atoms with E-state index in [1.807, 2.05) is 20.0 Å². The number of nitrogens with one attached hydrogen (secondary N) is 1. The van der Waals surface area contributed by atoms with Crippen LogP contribution in [0.15, 0.2) is 6.07 Å². The van der Waals surface area contributed by atoms with Crippen molar-refractivity contribution in [2.24, 2.45) is 0 Å². The van der Waals surface area contributed by atoms with Crippen LogP contribution in [0.5, 0.6) is 0 Å². The van der Waals surface area contributed by atoms with E-state index >= 15 is 0 Å². The zero-order valence-corrected chi connectivity index (χ0v) is 13.5. The lowest BCUT2D eigenvalue weighted by Gasteiger charge is -2.37. The predicted molar refractivity (Wildman–Crippen MR) is 84.9 cm³/mol. The highest BCUT2D eigenvalue weighted by Crippen LogP contribution is 2.34. The SMILES string of the molecule is CNc1cc(C2CCCN2CC2(O)CCOCC2)nc(C)n1. The highest BCUT2D eigenvalue weighted by atomic mass is 16.5. The Bertz CT molecular complexity index is 517. The van der Waals surface area contributed by atoms with Gasteiger partial charge in [0.2, 0.25) is 0 Å². The first-order chi connectivity index (χ1) is 10.6. The van der Waals surface area contributed by atoms with Crippen LogP contribution >= 0.6 is 0 Å². The maximum absolute atomic E-state index is 10.8. The van der Waals surface area contributed by atoms with Crippen LogP contribution in [0.25, 0.3) is 0 Å². The van der Waals surface area contributed by atoms with Crippen molar-refractivity contribution in [1.82, 2.24) is 14.9 Å². The van der Waals surface area contributed by atoms with Crippen molar-refractivity contribution in [2.45, 2.75) is 44.2 Å². The molecule has 3 rings (SSSR count). The molecule has 3 heterocycles. The van der Waals surface area contributed by atoms with Gasteiger partial charge in [0.05, 0.1) is 17.3 Å². The molecular formula is C16H26N4O2. The van der Waals surface area contributed by atoms with Gasteiger partial charge in [-0.25, -0.2) is 9.97 Å². The van der Waals surface area contributed by atoms with E-state index in [1.165, 1.54) is 0 Å². The number of likely N-dealkylation sites (tertiary alicyclic amines) is 1. The largest absolute Gasteiger partial charge is 0.388 e. The van der Waals surface area contributed by atoms with Gasteiger partial charge in [-0.2, -0.15) is 0 Å². The smallest absolute Gasteiger partial charge is 0.129 e. The third-order valence-electron chi connectivity index (χ3n) is 4.74. The molecule has 0 amide bonds. The van der Waals surface area contributed by atoms with Gasteiger partial charge in [-0.15, -0.1) is 0 Å². The highest BCUT2D eigenvalue weighted by Gasteiger charge is 2.37. The first-order valence-corrected chi connectivity index (χ1v) is 8.17. The van der Waals surface area contributed by atoms with E-state index in [4.69, 9.17) is 4.74 Å². The average Bonchev–Trinajstić information content (AvgIpc) is 2.94. The Kier molecular flexibility index (Phi) is 4.61. The topological polar surface area (TPSA) is 70.5 Å². The number of anilines is 1. The molecular weight excluding hydrogens is 280 g/mol. The van der Waals surface area contributed by atoms with Crippen LogP contribution in [0.1, 0.15) is 43.2 Å². The van der Waals surface area contributed by atoms with Gasteiger partial charge in [-0.1, -0.05) is 0 Å². The molecule has 22 heavy (non-hydrogen) atoms. The highest BCUT2D eigenvalue weighted by molar-refractivity contribution is 5.36. The Labute approximate surface area is 131 Å². The van der Waals surface area contributed by atoms with Crippen LogP contribution in [0.3, 0.4) is 0 Å². The number of aromatic nitrogens is 2. The number of hydrogen-bond acceptors (Lipinski definition) is 6. The summed E-state index contributed by atoms with van der Waals surface area (Å²) >= 11 is 0. The summed E-state index contributed by atoms with van der Waals surface area (Å²) in [6.07, 6.45) is 3.68. The fourth-order valence-electron chi connectivity index (χ4n) is 3.53. The summed E-state index contributed by atoms with van der Waals surface area (Å²) in [6.45, 7) is 4.97. The number of ether oxygens (including phenoxy) is 1. The van der Waals surface area contributed by atoms with Gasteiger partial charge in [0.15, 0.2) is 0 Å². The molecule has 0 bridgehead atoms. The molecule has 2 aliphatic rings. The number of hydrogen-bond donors (Lipinski definition) is 2. The van der Waals surface area contributed by atoms with Crippen LogP contribution in [0.4, 0.5) is 5.82 Å². The molecule has 2 N–H and O–H groups in total. The van der Waals surface area contributed by atoms with Crippen LogP contribution < -0.4 is 5.32 Å². The number of aryl methyl sites for hydroxylation is 1. The minimum atomic E-state index is -0.616. The van der Waals surface area contributed by atoms with Gasteiger partial charge in [0, 0.05) is 45.7 Å². The van der Waals surface area contributed by atoms with E-state index in [9.17, 15) is 5.11 Å². The summed E-state index contributed by atoms with van der Waals surface area (Å²) < 4.78 is 5.38. The second-order valence-electron chi connectivity index (χ2n) is 6.44. The lowest BCUT2D eigenvalue weighted by molar-refractivity contribution is -0.0817. The molecule has 2 saturated heterocycles. The summed E-state index contributed by atoms with van der Waals surface area (Å²) in [4.78, 5) is 11.4. The molecule has 1 atom stereocenters. The zero-order valence-electron chi connectivity index (χ0n) is 13.5. The molecule has 0 aliphatic carbocycles. The van der Waals surface area contributed by atoms with Crippen molar-refractivity contribution in [3.05, 3.63) is 17.6 Å². The van der Waals surface area contributed by atoms with Gasteiger partial charge in [0.25, 0.3) is 0 Å². The molecule has 0 radical (unpaired) electrons. The van der Waals surface area contributed by atoms with Crippen LogP contribution in [0.2, 0.25) is 0 Å². The van der Waals surface area contributed by atoms with Crippen molar-refractivity contribution >= 4 is 5.82 Å². The minimum Gasteiger partial charge on any atom is -0.388 e. The third kappa shape index (κ3) is 3.39. The summed E-state index contributed by atoms with van der Waals surface area (Å²) in [5.74, 6) is 1.65. The van der Waals surface area contributed by atoms with E-state index in [1.54, 1.807) is 0 Å². The summed E-state index contributed by atoms with van der Waals surface area (Å²) in [6, 6.07) is 2.31. The number of aliphatic hydroxyl groups is 1. The lowest BCUT2D eigenvalue weighted by atomic mass is 9.93. The van der Waals surface area contributed by atoms with Gasteiger partial charge in [0.1, 0.15) is 11.6 Å². The standard InChI is InChI=1S/C16H26N4O2/c1-12-18-13(10-15(17-2)19-12)14-4-3-7-20(14)11-16(21)5-8-22-9-6-16/h10,14,21H,3-9,11H2,1-2H3,(H,17,18,19). The molecule has 1 aromatic heterocycles. The van der Waals surface area contributed by atoms with Gasteiger partial charge in [-0.3, -0.25) is 4.90 Å². The Morgan fingerprint density at radius 1 is 1.41 bits per heavy atom. The first-order valence-electron chi connectivity index (χ1n) is 8.17. The fraction of sp³-hybridized carbons (Fsp3) is 0.750. The molecule has 2 aliphatic heterocycles. The maximum atomic E-state index is 10.8. The molecule has 1 aromatic rings. The lowest BCUT2D eigenvalue weighted by Crippen LogP contribution is -2.46. The Balaban J connectivity index is 1.76. The predicted octanol–water partition coefficient (Wildman–Crippen LogP) is 1.51. The first kappa shape index (κ1) is 15.6. The second-order valence-corrected chi connectivity index (χ2v) is 6.44. The quantitative estimate of drug-likeness (QED) is 0.878. The number of nitrogens with zero attached hydrogens (tertiary/aromatic N) is 3. The molecule has 6 heteroatoms. The van der Waals surface area contributed by atoms with Crippen LogP contribution in [-0.4, -0.2) is 58.9 Å². The second kappa shape index (κ2) is 6.48. The van der Waals surface area contributed by atoms with E-state index < -0.39 is 5.60 Å². The summed E-state index contributed by atoms with van der Waals surface area (Å²) in [5, 5.41) is 13.9. The maximum Gasteiger partial charge on any atom is 0.129 e. The third-order valence-corrected chi connectivity index (χ3v) is 4.74. The van der Waals surface area contributed by atoms with Crippen molar-refractivity contribution < 1.29 is 9.84 Å². The number of rotatable bonds is 4. The number of β-amino-alcohol motifs (C(OH)–C–C–N with tert-alkyl or cyclic N) is 1. The normalized spacial score (nSPS) is 25.3. The average molecular weight is 306 g/mol. The van der Waals surface area contributed by atoms with E-state index in [-0.39, 0.29) is 6.04 Å². The van der Waals surface area contributed by atoms with Crippen LogP contribution in [0, 0.1) is 6.92 Å². The van der Waals surface area contributed by atoms with E-state index in [2.05, 4.69) is 20.2 Å². The minimum absolute atomic E-state index is 0.278. The van der Waals surface area contributed by atoms with Gasteiger partial charge < -0.3 is 15.2 Å².